The molecule has 6 fully saturated rings. The van der Waals surface area contributed by atoms with Crippen molar-refractivity contribution in [3.05, 3.63) is 11.6 Å². The van der Waals surface area contributed by atoms with E-state index in [-0.39, 0.29) is 30.0 Å². The lowest BCUT2D eigenvalue weighted by atomic mass is 9.41. The fourth-order valence-corrected chi connectivity index (χ4v) is 14.1. The fourth-order valence-electron chi connectivity index (χ4n) is 14.1. The molecule has 0 spiro atoms. The van der Waals surface area contributed by atoms with Gasteiger partial charge in [-0.15, -0.1) is 0 Å². The lowest BCUT2D eigenvalue weighted by Crippen LogP contribution is -2.65. The number of allylic oxidation sites excluding steroid dienone is 1. The molecular formula is C44H72N2O4. The summed E-state index contributed by atoms with van der Waals surface area (Å²) in [6.07, 6.45) is 25.4. The second-order valence-corrected chi connectivity index (χ2v) is 18.9. The Morgan fingerprint density at radius 2 is 1.72 bits per heavy atom. The molecule has 6 heteroatoms. The zero-order valence-electron chi connectivity index (χ0n) is 32.4. The lowest BCUT2D eigenvalue weighted by molar-refractivity contribution is -0.197. The average molecular weight is 693 g/mol. The SMILES string of the molecule is CCCCCCCN(CCN1CCCCC1)C[C@@H]1O[C@@H](C23C[C@@H]4[C@H](C)CC[C@H]4C4(C=O)CC2C=C(C(C)C)[C@]43C(=O)O)C[C@H]1C1CCCCC1. The molecule has 2 aliphatic heterocycles. The van der Waals surface area contributed by atoms with E-state index in [0.717, 1.165) is 57.4 Å². The van der Waals surface area contributed by atoms with Crippen molar-refractivity contribution in [2.24, 2.45) is 57.7 Å². The smallest absolute Gasteiger partial charge is 0.315 e. The van der Waals surface area contributed by atoms with E-state index >= 15 is 0 Å². The zero-order valence-corrected chi connectivity index (χ0v) is 32.4. The fraction of sp³-hybridized carbons (Fsp3) is 0.909. The highest BCUT2D eigenvalue weighted by molar-refractivity contribution is 5.90. The number of likely N-dealkylation sites (tertiary alicyclic amines) is 1. The van der Waals surface area contributed by atoms with E-state index in [1.54, 1.807) is 0 Å². The first-order valence-corrected chi connectivity index (χ1v) is 21.8. The molecule has 0 aromatic heterocycles. The Balaban J connectivity index is 1.22. The van der Waals surface area contributed by atoms with Gasteiger partial charge in [0.25, 0.3) is 0 Å². The van der Waals surface area contributed by atoms with E-state index in [1.807, 2.05) is 0 Å². The number of piperidine rings is 1. The minimum atomic E-state index is -1.14. The van der Waals surface area contributed by atoms with Crippen molar-refractivity contribution in [2.75, 3.05) is 39.3 Å². The highest BCUT2D eigenvalue weighted by atomic mass is 16.5. The molecule has 4 bridgehead atoms. The van der Waals surface area contributed by atoms with Crippen molar-refractivity contribution in [1.29, 1.82) is 0 Å². The Kier molecular flexibility index (Phi) is 11.3. The number of nitrogens with zero attached hydrogens (tertiary/aromatic N) is 2. The van der Waals surface area contributed by atoms with Crippen molar-refractivity contribution in [2.45, 2.75) is 155 Å². The third kappa shape index (κ3) is 5.91. The molecular weight excluding hydrogens is 620 g/mol. The summed E-state index contributed by atoms with van der Waals surface area (Å²) in [7, 11) is 0. The molecule has 0 amide bonds. The third-order valence-electron chi connectivity index (χ3n) is 16.3. The summed E-state index contributed by atoms with van der Waals surface area (Å²) in [5.74, 6) is 1.77. The second kappa shape index (κ2) is 15.2. The topological polar surface area (TPSA) is 70.1 Å². The van der Waals surface area contributed by atoms with Crippen molar-refractivity contribution in [1.82, 2.24) is 9.80 Å². The molecule has 282 valence electrons. The van der Waals surface area contributed by atoms with Crippen LogP contribution in [0.2, 0.25) is 0 Å². The monoisotopic (exact) mass is 693 g/mol. The summed E-state index contributed by atoms with van der Waals surface area (Å²) in [4.78, 5) is 33.5. The van der Waals surface area contributed by atoms with Crippen molar-refractivity contribution < 1.29 is 19.4 Å². The number of rotatable bonds is 16. The van der Waals surface area contributed by atoms with Crippen LogP contribution in [0.5, 0.6) is 0 Å². The number of carboxylic acids is 1. The lowest BCUT2D eigenvalue weighted by Gasteiger charge is -2.60. The van der Waals surface area contributed by atoms with Crippen molar-refractivity contribution in [3.63, 3.8) is 0 Å². The van der Waals surface area contributed by atoms with Crippen molar-refractivity contribution >= 4 is 12.3 Å². The van der Waals surface area contributed by atoms with Gasteiger partial charge in [0.05, 0.1) is 17.6 Å². The van der Waals surface area contributed by atoms with Gasteiger partial charge in [0.2, 0.25) is 0 Å². The Morgan fingerprint density at radius 3 is 2.42 bits per heavy atom. The molecule has 1 N–H and O–H groups in total. The van der Waals surface area contributed by atoms with E-state index in [0.29, 0.717) is 30.1 Å². The molecule has 3 unspecified atom stereocenters. The van der Waals surface area contributed by atoms with Gasteiger partial charge in [-0.2, -0.15) is 0 Å². The number of unbranched alkanes of at least 4 members (excludes halogenated alkanes) is 4. The van der Waals surface area contributed by atoms with Crippen LogP contribution in [0.4, 0.5) is 0 Å². The van der Waals surface area contributed by atoms with E-state index < -0.39 is 22.2 Å². The molecule has 0 radical (unpaired) electrons. The van der Waals surface area contributed by atoms with Gasteiger partial charge in [-0.05, 0) is 106 Å². The molecule has 0 aromatic carbocycles. The Labute approximate surface area is 304 Å². The average Bonchev–Trinajstić information content (AvgIpc) is 3.84. The molecule has 50 heavy (non-hydrogen) atoms. The van der Waals surface area contributed by atoms with Crippen LogP contribution in [0.15, 0.2) is 11.6 Å². The number of carboxylic acid groups (broad SMARTS) is 1. The molecule has 7 rings (SSSR count). The maximum Gasteiger partial charge on any atom is 0.315 e. The molecule has 10 atom stereocenters. The number of hydrogen-bond donors (Lipinski definition) is 1. The van der Waals surface area contributed by atoms with Crippen LogP contribution in [-0.4, -0.2) is 78.6 Å². The molecule has 6 nitrogen and oxygen atoms in total. The molecule has 4 saturated carbocycles. The predicted octanol–water partition coefficient (Wildman–Crippen LogP) is 9.02. The Bertz CT molecular complexity index is 1220. The summed E-state index contributed by atoms with van der Waals surface area (Å²) in [6.45, 7) is 15.9. The normalized spacial score (nSPS) is 41.6. The Morgan fingerprint density at radius 1 is 0.980 bits per heavy atom. The molecule has 0 aromatic rings. The standard InChI is InChI=1S/C44H72N2O4/c1-5-6-7-8-13-22-46(24-23-45-20-14-10-15-21-45)29-39-35(33-16-11-9-12-17-33)26-40(50-39)43-28-36-32(4)18-19-37(36)42(30-47)27-34(43)25-38(31(2)3)44(42,43)41(48)49/h25,30-37,39-40H,5-24,26-29H2,1-4H3,(H,48,49)/t32-,34?,35+,36-,37-,39+,40-,42?,43?,44+/m1/s1. The zero-order chi connectivity index (χ0) is 35.1. The summed E-state index contributed by atoms with van der Waals surface area (Å²) in [6, 6.07) is 0. The van der Waals surface area contributed by atoms with Crippen LogP contribution in [0.25, 0.3) is 0 Å². The molecule has 2 saturated heterocycles. The number of aldehydes is 1. The first kappa shape index (κ1) is 37.1. The first-order valence-electron chi connectivity index (χ1n) is 21.8. The van der Waals surface area contributed by atoms with Gasteiger partial charge in [0.15, 0.2) is 0 Å². The highest BCUT2D eigenvalue weighted by Crippen LogP contribution is 2.84. The maximum atomic E-state index is 14.3. The minimum Gasteiger partial charge on any atom is -0.481 e. The van der Waals surface area contributed by atoms with Crippen LogP contribution in [0.3, 0.4) is 0 Å². The minimum absolute atomic E-state index is 0.0999. The number of carbonyl (C=O) groups excluding carboxylic acids is 1. The van der Waals surface area contributed by atoms with Gasteiger partial charge < -0.3 is 19.5 Å². The molecule has 5 aliphatic carbocycles. The van der Waals surface area contributed by atoms with Crippen LogP contribution in [0, 0.1) is 57.7 Å². The van der Waals surface area contributed by atoms with Gasteiger partial charge in [-0.1, -0.05) is 110 Å². The summed E-state index contributed by atoms with van der Waals surface area (Å²) in [5, 5.41) is 11.7. The number of ether oxygens (including phenoxy) is 1. The van der Waals surface area contributed by atoms with Gasteiger partial charge in [-0.25, -0.2) is 0 Å². The number of aliphatic carboxylic acids is 1. The second-order valence-electron chi connectivity index (χ2n) is 18.9. The van der Waals surface area contributed by atoms with Crippen LogP contribution in [0.1, 0.15) is 143 Å². The van der Waals surface area contributed by atoms with Gasteiger partial charge in [-0.3, -0.25) is 9.69 Å². The highest BCUT2D eigenvalue weighted by Gasteiger charge is 2.86. The van der Waals surface area contributed by atoms with Gasteiger partial charge >= 0.3 is 5.97 Å². The quantitative estimate of drug-likeness (QED) is 0.0990. The third-order valence-corrected chi connectivity index (χ3v) is 16.3. The molecule has 2 heterocycles. The van der Waals surface area contributed by atoms with Crippen LogP contribution >= 0.6 is 0 Å². The first-order chi connectivity index (χ1) is 24.2. The maximum absolute atomic E-state index is 14.3. The summed E-state index contributed by atoms with van der Waals surface area (Å²) < 4.78 is 7.64. The van der Waals surface area contributed by atoms with Gasteiger partial charge in [0, 0.05) is 25.0 Å². The van der Waals surface area contributed by atoms with E-state index in [2.05, 4.69) is 43.6 Å². The number of carbonyl (C=O) groups is 2. The molecule has 7 aliphatic rings. The van der Waals surface area contributed by atoms with E-state index in [1.165, 1.54) is 103 Å². The number of fused-ring (bicyclic) bond motifs is 2. The van der Waals surface area contributed by atoms with Crippen LogP contribution < -0.4 is 0 Å². The van der Waals surface area contributed by atoms with Gasteiger partial charge in [0.1, 0.15) is 11.7 Å². The van der Waals surface area contributed by atoms with Crippen molar-refractivity contribution in [3.8, 4) is 0 Å². The predicted molar refractivity (Wildman–Crippen MR) is 201 cm³/mol. The van der Waals surface area contributed by atoms with Crippen LogP contribution in [-0.2, 0) is 14.3 Å². The summed E-state index contributed by atoms with van der Waals surface area (Å²) >= 11 is 0. The largest absolute Gasteiger partial charge is 0.481 e. The number of hydrogen-bond acceptors (Lipinski definition) is 5. The Hall–Kier alpha value is -1.24. The van der Waals surface area contributed by atoms with E-state index in [9.17, 15) is 14.7 Å². The van der Waals surface area contributed by atoms with E-state index in [4.69, 9.17) is 4.74 Å². The summed E-state index contributed by atoms with van der Waals surface area (Å²) in [5.41, 5.74) is -1.43.